The zero-order valence-corrected chi connectivity index (χ0v) is 8.78. The van der Waals surface area contributed by atoms with Crippen molar-refractivity contribution in [2.24, 2.45) is 0 Å². The molecule has 0 saturated heterocycles. The summed E-state index contributed by atoms with van der Waals surface area (Å²) in [6.45, 7) is 1.69. The third-order valence-electron chi connectivity index (χ3n) is 1.72. The Hall–Kier alpha value is -0.580. The number of rotatable bonds is 2. The lowest BCUT2D eigenvalue weighted by atomic mass is 10.0. The Bertz CT molecular complexity index is 280. The van der Waals surface area contributed by atoms with Gasteiger partial charge in [-0.1, -0.05) is 52.9 Å². The Morgan fingerprint density at radius 1 is 1.42 bits per heavy atom. The van der Waals surface area contributed by atoms with E-state index in [-0.39, 0.29) is 0 Å². The van der Waals surface area contributed by atoms with Crippen LogP contribution in [-0.2, 0) is 8.22 Å². The second-order valence-electron chi connectivity index (χ2n) is 2.67. The third-order valence-corrected chi connectivity index (χ3v) is 2.80. The summed E-state index contributed by atoms with van der Waals surface area (Å²) in [5, 5.41) is 8.89. The van der Waals surface area contributed by atoms with Crippen LogP contribution in [0.15, 0.2) is 30.3 Å². The summed E-state index contributed by atoms with van der Waals surface area (Å²) in [6.07, 6.45) is 0. The molecule has 0 aliphatic heterocycles. The molecule has 0 aromatic heterocycles. The molecule has 1 aromatic carbocycles. The van der Waals surface area contributed by atoms with Crippen LogP contribution in [0.1, 0.15) is 12.5 Å². The second-order valence-corrected chi connectivity index (χ2v) is 4.83. The van der Waals surface area contributed by atoms with Crippen LogP contribution in [0.3, 0.4) is 0 Å². The van der Waals surface area contributed by atoms with Gasteiger partial charge in [0.25, 0.3) is 0 Å². The highest BCUT2D eigenvalue weighted by Gasteiger charge is 2.31. The maximum absolute atomic E-state index is 10.8. The maximum atomic E-state index is 10.8. The van der Waals surface area contributed by atoms with Gasteiger partial charge in [0.1, 0.15) is 3.42 Å². The van der Waals surface area contributed by atoms with Gasteiger partial charge in [-0.05, 0) is 12.5 Å². The van der Waals surface area contributed by atoms with Crippen LogP contribution in [0.25, 0.3) is 0 Å². The van der Waals surface area contributed by atoms with Crippen LogP contribution in [0.4, 0.5) is 0 Å². The molecule has 3 heteroatoms. The molecule has 2 nitrogen and oxygen atoms in total. The van der Waals surface area contributed by atoms with Gasteiger partial charge < -0.3 is 5.11 Å². The van der Waals surface area contributed by atoms with E-state index in [1.54, 1.807) is 6.92 Å². The first kappa shape index (κ1) is 9.51. The Morgan fingerprint density at radius 3 is 2.33 bits per heavy atom. The molecule has 0 spiro atoms. The molecule has 0 heterocycles. The van der Waals surface area contributed by atoms with Crippen molar-refractivity contribution in [1.29, 1.82) is 0 Å². The quantitative estimate of drug-likeness (QED) is 0.665. The SMILES string of the molecule is CC(I)(C(=O)O)c1ccccc1. The van der Waals surface area contributed by atoms with Crippen molar-refractivity contribution in [2.45, 2.75) is 10.3 Å². The maximum Gasteiger partial charge on any atom is 0.323 e. The average molecular weight is 276 g/mol. The molecule has 0 saturated carbocycles. The molecule has 64 valence electrons. The normalized spacial score (nSPS) is 15.2. The summed E-state index contributed by atoms with van der Waals surface area (Å²) in [5.41, 5.74) is 0.818. The molecule has 1 N–H and O–H groups in total. The van der Waals surface area contributed by atoms with Crippen LogP contribution in [0.2, 0.25) is 0 Å². The van der Waals surface area contributed by atoms with E-state index in [9.17, 15) is 4.79 Å². The van der Waals surface area contributed by atoms with Crippen molar-refractivity contribution in [1.82, 2.24) is 0 Å². The molecule has 1 aromatic rings. The van der Waals surface area contributed by atoms with Crippen LogP contribution >= 0.6 is 22.6 Å². The fourth-order valence-corrected chi connectivity index (χ4v) is 1.23. The number of hydrogen-bond acceptors (Lipinski definition) is 1. The van der Waals surface area contributed by atoms with E-state index in [0.29, 0.717) is 0 Å². The predicted octanol–water partition coefficient (Wildman–Crippen LogP) is 2.42. The van der Waals surface area contributed by atoms with Gasteiger partial charge >= 0.3 is 5.97 Å². The zero-order chi connectivity index (χ0) is 9.19. The number of halogens is 1. The molecule has 1 atom stereocenters. The van der Waals surface area contributed by atoms with Crippen molar-refractivity contribution in [3.8, 4) is 0 Å². The first-order valence-corrected chi connectivity index (χ1v) is 4.61. The van der Waals surface area contributed by atoms with Crippen LogP contribution < -0.4 is 0 Å². The van der Waals surface area contributed by atoms with E-state index in [1.165, 1.54) is 0 Å². The molecule has 0 aliphatic rings. The topological polar surface area (TPSA) is 37.3 Å². The number of carbonyl (C=O) groups is 1. The lowest BCUT2D eigenvalue weighted by Gasteiger charge is -2.16. The fourth-order valence-electron chi connectivity index (χ4n) is 0.875. The molecular formula is C9H9IO2. The molecule has 0 amide bonds. The standard InChI is InChI=1S/C9H9IO2/c1-9(10,8(11)12)7-5-3-2-4-6-7/h2-6H,1H3,(H,11,12). The zero-order valence-electron chi connectivity index (χ0n) is 6.62. The van der Waals surface area contributed by atoms with Gasteiger partial charge in [0.2, 0.25) is 0 Å². The minimum absolute atomic E-state index is 0.811. The van der Waals surface area contributed by atoms with Gasteiger partial charge in [-0.15, -0.1) is 0 Å². The first-order valence-electron chi connectivity index (χ1n) is 3.53. The highest BCUT2D eigenvalue weighted by Crippen LogP contribution is 2.31. The van der Waals surface area contributed by atoms with E-state index in [4.69, 9.17) is 5.11 Å². The van der Waals surface area contributed by atoms with E-state index in [1.807, 2.05) is 52.9 Å². The number of carboxylic acid groups (broad SMARTS) is 1. The van der Waals surface area contributed by atoms with E-state index >= 15 is 0 Å². The Labute approximate surface area is 84.7 Å². The molecule has 0 radical (unpaired) electrons. The second kappa shape index (κ2) is 3.43. The lowest BCUT2D eigenvalue weighted by Crippen LogP contribution is -2.24. The van der Waals surface area contributed by atoms with Crippen LogP contribution in [0.5, 0.6) is 0 Å². The molecule has 0 bridgehead atoms. The first-order chi connectivity index (χ1) is 5.55. The number of carboxylic acids is 1. The minimum atomic E-state index is -0.820. The van der Waals surface area contributed by atoms with Crippen molar-refractivity contribution in [3.05, 3.63) is 35.9 Å². The van der Waals surface area contributed by atoms with Gasteiger partial charge in [-0.2, -0.15) is 0 Å². The van der Waals surface area contributed by atoms with Gasteiger partial charge in [0.15, 0.2) is 0 Å². The van der Waals surface area contributed by atoms with Crippen molar-refractivity contribution in [2.75, 3.05) is 0 Å². The van der Waals surface area contributed by atoms with E-state index < -0.39 is 9.39 Å². The summed E-state index contributed by atoms with van der Waals surface area (Å²) in [4.78, 5) is 10.8. The molecule has 0 aliphatic carbocycles. The number of hydrogen-bond donors (Lipinski definition) is 1. The third kappa shape index (κ3) is 1.77. The van der Waals surface area contributed by atoms with Crippen LogP contribution in [-0.4, -0.2) is 11.1 Å². The Balaban J connectivity index is 3.06. The molecular weight excluding hydrogens is 267 g/mol. The Morgan fingerprint density at radius 2 is 1.92 bits per heavy atom. The molecule has 12 heavy (non-hydrogen) atoms. The summed E-state index contributed by atoms with van der Waals surface area (Å²) in [7, 11) is 0. The monoisotopic (exact) mass is 276 g/mol. The van der Waals surface area contributed by atoms with Gasteiger partial charge in [0.05, 0.1) is 0 Å². The van der Waals surface area contributed by atoms with Crippen molar-refractivity contribution < 1.29 is 9.90 Å². The lowest BCUT2D eigenvalue weighted by molar-refractivity contribution is -0.139. The van der Waals surface area contributed by atoms with E-state index in [0.717, 1.165) is 5.56 Å². The summed E-state index contributed by atoms with van der Waals surface area (Å²) < 4.78 is -0.820. The number of aliphatic carboxylic acids is 1. The van der Waals surface area contributed by atoms with Crippen molar-refractivity contribution >= 4 is 28.6 Å². The summed E-state index contributed by atoms with van der Waals surface area (Å²) in [5.74, 6) is -0.811. The van der Waals surface area contributed by atoms with Gasteiger partial charge in [-0.25, -0.2) is 0 Å². The fraction of sp³-hybridized carbons (Fsp3) is 0.222. The smallest absolute Gasteiger partial charge is 0.323 e. The molecule has 1 rings (SSSR count). The summed E-state index contributed by atoms with van der Waals surface area (Å²) >= 11 is 1.93. The average Bonchev–Trinajstić information content (AvgIpc) is 2.06. The van der Waals surface area contributed by atoms with Crippen LogP contribution in [0, 0.1) is 0 Å². The van der Waals surface area contributed by atoms with Gasteiger partial charge in [-0.3, -0.25) is 4.79 Å². The van der Waals surface area contributed by atoms with E-state index in [2.05, 4.69) is 0 Å². The number of alkyl halides is 1. The predicted molar refractivity (Wildman–Crippen MR) is 55.4 cm³/mol. The summed E-state index contributed by atoms with van der Waals surface area (Å²) in [6, 6.07) is 9.20. The van der Waals surface area contributed by atoms with Gasteiger partial charge in [0, 0.05) is 0 Å². The highest BCUT2D eigenvalue weighted by molar-refractivity contribution is 14.1. The molecule has 1 unspecified atom stereocenters. The van der Waals surface area contributed by atoms with Crippen molar-refractivity contribution in [3.63, 3.8) is 0 Å². The molecule has 0 fully saturated rings. The number of benzene rings is 1. The Kier molecular flexibility index (Phi) is 2.72. The highest BCUT2D eigenvalue weighted by atomic mass is 127. The minimum Gasteiger partial charge on any atom is -0.480 e. The largest absolute Gasteiger partial charge is 0.480 e.